The molecule has 128 valence electrons. The first-order valence-electron chi connectivity index (χ1n) is 7.40. The average molecular weight is 341 g/mol. The Morgan fingerprint density at radius 2 is 2.04 bits per heavy atom. The van der Waals surface area contributed by atoms with Gasteiger partial charge in [0.25, 0.3) is 0 Å². The van der Waals surface area contributed by atoms with E-state index in [0.29, 0.717) is 24.5 Å². The molecular weight excluding hydrogens is 318 g/mol. The molecule has 1 heterocycles. The molecule has 1 unspecified atom stereocenters. The maximum atomic E-state index is 12.5. The third kappa shape index (κ3) is 3.29. The molecule has 0 aliphatic carbocycles. The van der Waals surface area contributed by atoms with Gasteiger partial charge in [0.1, 0.15) is 4.75 Å². The van der Waals surface area contributed by atoms with Gasteiger partial charge in [0.05, 0.1) is 19.8 Å². The lowest BCUT2D eigenvalue weighted by Gasteiger charge is -2.31. The maximum absolute atomic E-state index is 12.5. The minimum atomic E-state index is -3.52. The largest absolute Gasteiger partial charge is 0.493 e. The highest BCUT2D eigenvalue weighted by atomic mass is 32.2. The molecule has 1 atom stereocenters. The van der Waals surface area contributed by atoms with Gasteiger partial charge in [0.2, 0.25) is 5.91 Å². The second-order valence-corrected chi connectivity index (χ2v) is 8.90. The summed E-state index contributed by atoms with van der Waals surface area (Å²) in [7, 11) is -1.96. The summed E-state index contributed by atoms with van der Waals surface area (Å²) in [5, 5.41) is 2.85. The number of amides is 1. The van der Waals surface area contributed by atoms with Gasteiger partial charge >= 0.3 is 0 Å². The number of hydrogen-bond donors (Lipinski definition) is 1. The van der Waals surface area contributed by atoms with E-state index in [0.717, 1.165) is 17.4 Å². The van der Waals surface area contributed by atoms with Crippen molar-refractivity contribution in [3.05, 3.63) is 23.3 Å². The fourth-order valence-corrected chi connectivity index (χ4v) is 2.81. The highest BCUT2D eigenvalue weighted by Crippen LogP contribution is 2.40. The monoisotopic (exact) mass is 341 g/mol. The number of hydrogen-bond acceptors (Lipinski definition) is 5. The summed E-state index contributed by atoms with van der Waals surface area (Å²) in [5.41, 5.74) is 1.79. The number of sulfone groups is 1. The van der Waals surface area contributed by atoms with Gasteiger partial charge in [-0.3, -0.25) is 4.79 Å². The quantitative estimate of drug-likeness (QED) is 0.902. The highest BCUT2D eigenvalue weighted by molar-refractivity contribution is 7.92. The third-order valence-corrected chi connectivity index (χ3v) is 6.29. The van der Waals surface area contributed by atoms with Gasteiger partial charge in [-0.1, -0.05) is 6.07 Å². The summed E-state index contributed by atoms with van der Waals surface area (Å²) in [5.74, 6) is 0.700. The van der Waals surface area contributed by atoms with Crippen molar-refractivity contribution in [3.8, 4) is 11.5 Å². The lowest BCUT2D eigenvalue weighted by Crippen LogP contribution is -2.49. The fraction of sp³-hybridized carbons (Fsp3) is 0.562. The lowest BCUT2D eigenvalue weighted by atomic mass is 9.97. The molecule has 7 heteroatoms. The van der Waals surface area contributed by atoms with Crippen LogP contribution < -0.4 is 14.8 Å². The van der Waals surface area contributed by atoms with Crippen LogP contribution in [0.2, 0.25) is 0 Å². The molecule has 23 heavy (non-hydrogen) atoms. The summed E-state index contributed by atoms with van der Waals surface area (Å²) in [6.45, 7) is 5.18. The molecule has 1 aliphatic rings. The zero-order chi connectivity index (χ0) is 17.4. The van der Waals surface area contributed by atoms with Crippen LogP contribution in [0.5, 0.6) is 11.5 Å². The van der Waals surface area contributed by atoms with Crippen LogP contribution in [0.15, 0.2) is 12.1 Å². The van der Waals surface area contributed by atoms with E-state index in [1.165, 1.54) is 13.8 Å². The third-order valence-electron chi connectivity index (χ3n) is 4.26. The molecule has 1 aromatic rings. The van der Waals surface area contributed by atoms with Crippen molar-refractivity contribution in [1.82, 2.24) is 5.32 Å². The molecule has 0 aromatic heterocycles. The molecule has 0 fully saturated rings. The Labute approximate surface area is 137 Å². The second kappa shape index (κ2) is 6.03. The molecule has 0 radical (unpaired) electrons. The van der Waals surface area contributed by atoms with Crippen LogP contribution in [-0.4, -0.2) is 39.0 Å². The minimum Gasteiger partial charge on any atom is -0.493 e. The Morgan fingerprint density at radius 1 is 1.39 bits per heavy atom. The lowest BCUT2D eigenvalue weighted by molar-refractivity contribution is -0.123. The molecule has 0 saturated heterocycles. The van der Waals surface area contributed by atoms with Crippen LogP contribution in [0.4, 0.5) is 0 Å². The number of methoxy groups -OCH3 is 1. The minimum absolute atomic E-state index is 0.305. The van der Waals surface area contributed by atoms with Gasteiger partial charge in [0, 0.05) is 18.2 Å². The number of carbonyl (C=O) groups is 1. The van der Waals surface area contributed by atoms with Crippen molar-refractivity contribution in [2.45, 2.75) is 38.0 Å². The Bertz CT molecular complexity index is 724. The number of carbonyl (C=O) groups excluding carboxylic acids is 1. The summed E-state index contributed by atoms with van der Waals surface area (Å²) >= 11 is 0. The van der Waals surface area contributed by atoms with Crippen molar-refractivity contribution in [3.63, 3.8) is 0 Å². The van der Waals surface area contributed by atoms with E-state index in [-0.39, 0.29) is 6.04 Å². The Kier molecular flexibility index (Phi) is 4.61. The number of ether oxygens (including phenoxy) is 2. The first-order chi connectivity index (χ1) is 10.6. The molecule has 1 aromatic carbocycles. The summed E-state index contributed by atoms with van der Waals surface area (Å²) in [4.78, 5) is 12.5. The van der Waals surface area contributed by atoms with Crippen LogP contribution in [-0.2, 0) is 14.6 Å². The van der Waals surface area contributed by atoms with Crippen LogP contribution in [0.3, 0.4) is 0 Å². The van der Waals surface area contributed by atoms with Gasteiger partial charge in [-0.25, -0.2) is 8.42 Å². The number of rotatable bonds is 4. The topological polar surface area (TPSA) is 81.7 Å². The molecule has 1 N–H and O–H groups in total. The van der Waals surface area contributed by atoms with E-state index in [4.69, 9.17) is 9.47 Å². The smallest absolute Gasteiger partial charge is 0.241 e. The molecule has 0 spiro atoms. The predicted octanol–water partition coefficient (Wildman–Crippen LogP) is 1.77. The van der Waals surface area contributed by atoms with E-state index in [2.05, 4.69) is 5.32 Å². The molecule has 0 bridgehead atoms. The standard InChI is InChI=1S/C16H23NO5S/c1-10-8-11-12(6-7-22-14(11)13(9-10)21-4)17-15(18)16(2,3)23(5,19)20/h8-9,12H,6-7H2,1-5H3,(H,17,18). The van der Waals surface area contributed by atoms with E-state index >= 15 is 0 Å². The molecule has 2 rings (SSSR count). The molecule has 6 nitrogen and oxygen atoms in total. The second-order valence-electron chi connectivity index (χ2n) is 6.33. The summed E-state index contributed by atoms with van der Waals surface area (Å²) < 4.78 is 33.2. The van der Waals surface area contributed by atoms with Crippen molar-refractivity contribution in [2.75, 3.05) is 20.0 Å². The number of aryl methyl sites for hydroxylation is 1. The van der Waals surface area contributed by atoms with Gasteiger partial charge in [0.15, 0.2) is 21.3 Å². The van der Waals surface area contributed by atoms with Crippen molar-refractivity contribution in [1.29, 1.82) is 0 Å². The van der Waals surface area contributed by atoms with Crippen molar-refractivity contribution in [2.24, 2.45) is 0 Å². The zero-order valence-electron chi connectivity index (χ0n) is 14.1. The first-order valence-corrected chi connectivity index (χ1v) is 9.29. The van der Waals surface area contributed by atoms with Gasteiger partial charge in [-0.15, -0.1) is 0 Å². The average Bonchev–Trinajstić information content (AvgIpc) is 2.45. The van der Waals surface area contributed by atoms with Crippen LogP contribution >= 0.6 is 0 Å². The van der Waals surface area contributed by atoms with Gasteiger partial charge in [-0.2, -0.15) is 0 Å². The molecule has 1 aliphatic heterocycles. The van der Waals surface area contributed by atoms with E-state index in [1.54, 1.807) is 7.11 Å². The Hall–Kier alpha value is -1.76. The van der Waals surface area contributed by atoms with Crippen LogP contribution in [0, 0.1) is 6.92 Å². The van der Waals surface area contributed by atoms with Gasteiger partial charge in [-0.05, 0) is 32.4 Å². The SMILES string of the molecule is COc1cc(C)cc2c1OCCC2NC(=O)C(C)(C)S(C)(=O)=O. The Morgan fingerprint density at radius 3 is 2.61 bits per heavy atom. The van der Waals surface area contributed by atoms with Crippen LogP contribution in [0.1, 0.15) is 37.4 Å². The van der Waals surface area contributed by atoms with E-state index in [9.17, 15) is 13.2 Å². The van der Waals surface area contributed by atoms with Crippen molar-refractivity contribution >= 4 is 15.7 Å². The number of fused-ring (bicyclic) bond motifs is 1. The first kappa shape index (κ1) is 17.6. The zero-order valence-corrected chi connectivity index (χ0v) is 14.9. The van der Waals surface area contributed by atoms with E-state index < -0.39 is 20.5 Å². The number of benzene rings is 1. The molecular formula is C16H23NO5S. The predicted molar refractivity (Wildman–Crippen MR) is 87.6 cm³/mol. The maximum Gasteiger partial charge on any atom is 0.241 e. The fourth-order valence-electron chi connectivity index (χ4n) is 2.42. The molecule has 1 amide bonds. The summed E-state index contributed by atoms with van der Waals surface area (Å²) in [6.07, 6.45) is 1.64. The van der Waals surface area contributed by atoms with Gasteiger partial charge < -0.3 is 14.8 Å². The van der Waals surface area contributed by atoms with Crippen LogP contribution in [0.25, 0.3) is 0 Å². The normalized spacial score (nSPS) is 17.9. The van der Waals surface area contributed by atoms with E-state index in [1.807, 2.05) is 19.1 Å². The molecule has 0 saturated carbocycles. The Balaban J connectivity index is 2.35. The van der Waals surface area contributed by atoms with Crippen molar-refractivity contribution < 1.29 is 22.7 Å². The summed E-state index contributed by atoms with van der Waals surface area (Å²) in [6, 6.07) is 3.49. The number of nitrogens with one attached hydrogen (secondary N) is 1. The highest BCUT2D eigenvalue weighted by Gasteiger charge is 2.40.